The number of nitrogens with zero attached hydrogens (tertiary/aromatic N) is 1. The minimum atomic E-state index is -1.11. The van der Waals surface area contributed by atoms with Gasteiger partial charge in [-0.3, -0.25) is 6.08 Å². The van der Waals surface area contributed by atoms with Crippen LogP contribution < -0.4 is 24.8 Å². The van der Waals surface area contributed by atoms with Crippen LogP contribution in [0.25, 0.3) is 4.65 Å². The molecule has 0 bridgehead atoms. The van der Waals surface area contributed by atoms with Crippen LogP contribution in [0.1, 0.15) is 34.6 Å². The smallest absolute Gasteiger partial charge is 1.00 e. The first-order chi connectivity index (χ1) is 8.16. The molecule has 0 amide bonds. The first kappa shape index (κ1) is 31.1. The molecule has 0 saturated heterocycles. The van der Waals surface area contributed by atoms with Crippen LogP contribution in [0.2, 0.25) is 39.3 Å². The largest absolute Gasteiger partial charge is 4.00 e. The summed E-state index contributed by atoms with van der Waals surface area (Å²) in [7, 11) is -2.21. The first-order valence-electron chi connectivity index (χ1n) is 7.20. The van der Waals surface area contributed by atoms with Gasteiger partial charge in [0.2, 0.25) is 0 Å². The summed E-state index contributed by atoms with van der Waals surface area (Å²) >= 11 is 0. The number of hydrogen-bond donors (Lipinski definition) is 0. The molecule has 0 heterocycles. The van der Waals surface area contributed by atoms with Crippen LogP contribution in [0, 0.1) is 11.5 Å². The van der Waals surface area contributed by atoms with Gasteiger partial charge >= 0.3 is 26.2 Å². The molecule has 22 heavy (non-hydrogen) atoms. The molecular formula is C16H33Cl2NSi2Zr. The zero-order chi connectivity index (χ0) is 15.6. The molecule has 0 aromatic rings. The zero-order valence-corrected chi connectivity index (χ0v) is 22.2. The van der Waals surface area contributed by atoms with Crippen LogP contribution in [0.3, 0.4) is 0 Å². The Kier molecular flexibility index (Phi) is 15.6. The number of allylic oxidation sites excluding steroid dienone is 4. The van der Waals surface area contributed by atoms with E-state index in [9.17, 15) is 0 Å². The third kappa shape index (κ3) is 12.7. The van der Waals surface area contributed by atoms with Crippen molar-refractivity contribution in [2.45, 2.75) is 73.9 Å². The van der Waals surface area contributed by atoms with E-state index in [0.29, 0.717) is 0 Å². The van der Waals surface area contributed by atoms with Crippen molar-refractivity contribution in [3.63, 3.8) is 0 Å². The fourth-order valence-corrected chi connectivity index (χ4v) is 10.5. The summed E-state index contributed by atoms with van der Waals surface area (Å²) in [5, 5.41) is 0. The van der Waals surface area contributed by atoms with Crippen molar-refractivity contribution in [3.05, 3.63) is 27.4 Å². The van der Waals surface area contributed by atoms with Crippen LogP contribution in [-0.2, 0) is 26.2 Å². The Bertz CT molecular complexity index is 380. The molecule has 1 aliphatic carbocycles. The van der Waals surface area contributed by atoms with E-state index >= 15 is 0 Å². The van der Waals surface area contributed by atoms with E-state index < -0.39 is 16.5 Å². The van der Waals surface area contributed by atoms with Gasteiger partial charge in [0, 0.05) is 0 Å². The topological polar surface area (TPSA) is 14.1 Å². The molecule has 0 saturated carbocycles. The molecule has 0 spiro atoms. The standard InChI is InChI=1S/C10H15.C6H18NSi2.2ClH.Zr/c1-7-6-10(4,5)9(3)8(7)2;1-8(2,3)7-9(4,5)6;;;/h1-5H3;1-6H3;2*1H;/q2*-1;;;+4/p-2. The average molecular weight is 458 g/mol. The van der Waals surface area contributed by atoms with Crippen molar-refractivity contribution < 1.29 is 51.0 Å². The second-order valence-electron chi connectivity index (χ2n) is 8.08. The fraction of sp³-hybridized carbons (Fsp3) is 0.750. The minimum Gasteiger partial charge on any atom is -1.00 e. The van der Waals surface area contributed by atoms with E-state index in [1.165, 1.54) is 16.7 Å². The summed E-state index contributed by atoms with van der Waals surface area (Å²) in [6.07, 6.45) is 3.44. The van der Waals surface area contributed by atoms with Crippen molar-refractivity contribution in [3.8, 4) is 0 Å². The first-order valence-corrected chi connectivity index (χ1v) is 14.1. The summed E-state index contributed by atoms with van der Waals surface area (Å²) in [6, 6.07) is 0. The maximum Gasteiger partial charge on any atom is 4.00 e. The van der Waals surface area contributed by atoms with Gasteiger partial charge in [0.15, 0.2) is 0 Å². The minimum absolute atomic E-state index is 0. The molecule has 1 rings (SSSR count). The molecule has 0 aromatic heterocycles. The maximum atomic E-state index is 4.82. The van der Waals surface area contributed by atoms with E-state index in [1.807, 2.05) is 0 Å². The van der Waals surface area contributed by atoms with Gasteiger partial charge in [0.1, 0.15) is 0 Å². The van der Waals surface area contributed by atoms with Crippen molar-refractivity contribution in [1.82, 2.24) is 0 Å². The Hall–Kier alpha value is 1.34. The molecule has 6 heteroatoms. The van der Waals surface area contributed by atoms with Crippen LogP contribution in [-0.4, -0.2) is 16.5 Å². The Labute approximate surface area is 173 Å². The maximum absolute atomic E-state index is 4.82. The summed E-state index contributed by atoms with van der Waals surface area (Å²) < 4.78 is 4.82. The molecule has 0 unspecified atom stereocenters. The molecule has 0 fully saturated rings. The summed E-state index contributed by atoms with van der Waals surface area (Å²) in [5.74, 6) is 0. The van der Waals surface area contributed by atoms with Gasteiger partial charge in [-0.1, -0.05) is 88.9 Å². The van der Waals surface area contributed by atoms with Crippen molar-refractivity contribution >= 4 is 16.5 Å². The SMILES string of the molecule is CC1=[C-]C(C)(C)C(C)=C1C.C[Si](C)(C)[N-][Si](C)(C)C.[Cl-].[Cl-].[Zr+4]. The van der Waals surface area contributed by atoms with Crippen molar-refractivity contribution in [1.29, 1.82) is 0 Å². The van der Waals surface area contributed by atoms with Crippen LogP contribution >= 0.6 is 0 Å². The monoisotopic (exact) mass is 455 g/mol. The van der Waals surface area contributed by atoms with E-state index in [4.69, 9.17) is 4.65 Å². The predicted molar refractivity (Wildman–Crippen MR) is 94.6 cm³/mol. The van der Waals surface area contributed by atoms with E-state index in [2.05, 4.69) is 80.0 Å². The summed E-state index contributed by atoms with van der Waals surface area (Å²) in [4.78, 5) is 0. The average Bonchev–Trinajstić information content (AvgIpc) is 2.24. The second kappa shape index (κ2) is 11.0. The molecule has 0 aromatic carbocycles. The van der Waals surface area contributed by atoms with Crippen LogP contribution in [0.15, 0.2) is 16.7 Å². The zero-order valence-electron chi connectivity index (χ0n) is 16.2. The van der Waals surface area contributed by atoms with Crippen LogP contribution in [0.5, 0.6) is 0 Å². The normalized spacial score (nSPS) is 16.4. The molecule has 1 aliphatic rings. The van der Waals surface area contributed by atoms with Gasteiger partial charge in [0.05, 0.1) is 0 Å². The van der Waals surface area contributed by atoms with Gasteiger partial charge in [-0.05, 0) is 0 Å². The Morgan fingerprint density at radius 3 is 1.18 bits per heavy atom. The Morgan fingerprint density at radius 1 is 0.818 bits per heavy atom. The fourth-order valence-electron chi connectivity index (χ4n) is 2.41. The van der Waals surface area contributed by atoms with Crippen molar-refractivity contribution in [2.75, 3.05) is 0 Å². The van der Waals surface area contributed by atoms with E-state index in [-0.39, 0.29) is 56.4 Å². The third-order valence-electron chi connectivity index (χ3n) is 3.23. The molecule has 0 aliphatic heterocycles. The number of halogens is 2. The summed E-state index contributed by atoms with van der Waals surface area (Å²) in [6.45, 7) is 24.7. The Balaban J connectivity index is -0.000000130. The van der Waals surface area contributed by atoms with Gasteiger partial charge in [-0.15, -0.1) is 6.92 Å². The molecular weight excluding hydrogens is 424 g/mol. The van der Waals surface area contributed by atoms with Gasteiger partial charge in [-0.25, -0.2) is 5.57 Å². The summed E-state index contributed by atoms with van der Waals surface area (Å²) in [5.41, 5.74) is 4.39. The van der Waals surface area contributed by atoms with Gasteiger partial charge < -0.3 is 29.5 Å². The molecule has 0 N–H and O–H groups in total. The molecule has 1 nitrogen and oxygen atoms in total. The molecule has 0 atom stereocenters. The Morgan fingerprint density at radius 2 is 1.14 bits per heavy atom. The quantitative estimate of drug-likeness (QED) is 0.414. The van der Waals surface area contributed by atoms with Crippen molar-refractivity contribution in [2.24, 2.45) is 5.41 Å². The van der Waals surface area contributed by atoms with Gasteiger partial charge in [-0.2, -0.15) is 11.1 Å². The number of hydrogen-bond acceptors (Lipinski definition) is 0. The van der Waals surface area contributed by atoms with Gasteiger partial charge in [0.25, 0.3) is 0 Å². The predicted octanol–water partition coefficient (Wildman–Crippen LogP) is 0.147. The second-order valence-corrected chi connectivity index (χ2v) is 17.7. The van der Waals surface area contributed by atoms with E-state index in [0.717, 1.165) is 0 Å². The third-order valence-corrected chi connectivity index (χ3v) is 8.60. The number of rotatable bonds is 2. The molecule has 0 radical (unpaired) electrons. The molecule has 128 valence electrons. The van der Waals surface area contributed by atoms with E-state index in [1.54, 1.807) is 0 Å². The van der Waals surface area contributed by atoms with Crippen LogP contribution in [0.4, 0.5) is 0 Å².